The first kappa shape index (κ1) is 24.7. The Balaban J connectivity index is 1.50. The maximum atomic E-state index is 13.5. The van der Waals surface area contributed by atoms with Gasteiger partial charge < -0.3 is 19.5 Å². The molecule has 0 bridgehead atoms. The van der Waals surface area contributed by atoms with Crippen LogP contribution in [0.5, 0.6) is 0 Å². The molecular weight excluding hydrogens is 492 g/mol. The molecule has 4 aromatic rings. The Morgan fingerprint density at radius 2 is 1.81 bits per heavy atom. The number of halogens is 1. The fraction of sp³-hybridized carbons (Fsp3) is 0.214. The molecule has 37 heavy (non-hydrogen) atoms. The van der Waals surface area contributed by atoms with E-state index >= 15 is 0 Å². The second-order valence-corrected chi connectivity index (χ2v) is 9.17. The highest BCUT2D eigenvalue weighted by molar-refractivity contribution is 6.31. The van der Waals surface area contributed by atoms with Gasteiger partial charge in [0.05, 0.1) is 30.0 Å². The van der Waals surface area contributed by atoms with E-state index in [-0.39, 0.29) is 29.0 Å². The number of aromatic nitrogens is 2. The Bertz CT molecular complexity index is 1530. The van der Waals surface area contributed by atoms with Crippen LogP contribution in [0.1, 0.15) is 33.3 Å². The van der Waals surface area contributed by atoms with E-state index in [0.717, 1.165) is 18.9 Å². The number of fused-ring (bicyclic) bond motifs is 1. The molecule has 1 saturated heterocycles. The third-order valence-corrected chi connectivity index (χ3v) is 6.58. The maximum Gasteiger partial charge on any atom is 0.253 e. The van der Waals surface area contributed by atoms with Crippen LogP contribution in [0, 0.1) is 0 Å². The number of anilines is 1. The standard InChI is InChI=1S/C28H25ClN4O4/c1-18(34)26-23(17-31-28(36)19-7-10-25(30-16-19)32-11-13-37-14-12-32)27(35)22-9-8-20(29)15-24(22)33(26)21-5-3-2-4-6-21/h2-10,15-16H,11-14,17H2,1H3,(H,31,36). The summed E-state index contributed by atoms with van der Waals surface area (Å²) in [4.78, 5) is 45.9. The summed E-state index contributed by atoms with van der Waals surface area (Å²) in [6.07, 6.45) is 1.51. The second kappa shape index (κ2) is 10.5. The summed E-state index contributed by atoms with van der Waals surface area (Å²) in [6.45, 7) is 4.05. The number of nitrogens with zero attached hydrogens (tertiary/aromatic N) is 3. The van der Waals surface area contributed by atoms with Crippen LogP contribution in [-0.4, -0.2) is 47.5 Å². The molecule has 0 aliphatic carbocycles. The number of ether oxygens (including phenoxy) is 1. The van der Waals surface area contributed by atoms with Gasteiger partial charge in [-0.25, -0.2) is 4.98 Å². The van der Waals surface area contributed by atoms with Gasteiger partial charge in [0.1, 0.15) is 5.82 Å². The number of benzene rings is 2. The molecule has 5 rings (SSSR count). The molecule has 2 aromatic heterocycles. The molecule has 188 valence electrons. The minimum atomic E-state index is -0.391. The average molecular weight is 517 g/mol. The third kappa shape index (κ3) is 4.98. The van der Waals surface area contributed by atoms with E-state index in [1.807, 2.05) is 30.3 Å². The maximum absolute atomic E-state index is 13.5. The highest BCUT2D eigenvalue weighted by atomic mass is 35.5. The zero-order chi connectivity index (χ0) is 25.9. The fourth-order valence-corrected chi connectivity index (χ4v) is 4.72. The average Bonchev–Trinajstić information content (AvgIpc) is 2.93. The first-order valence-electron chi connectivity index (χ1n) is 11.9. The SMILES string of the molecule is CC(=O)c1c(CNC(=O)c2ccc(N3CCOCC3)nc2)c(=O)c2ccc(Cl)cc2n1-c1ccccc1. The number of carbonyl (C=O) groups is 2. The van der Waals surface area contributed by atoms with Crippen molar-refractivity contribution in [2.24, 2.45) is 0 Å². The van der Waals surface area contributed by atoms with Crippen LogP contribution in [-0.2, 0) is 11.3 Å². The zero-order valence-corrected chi connectivity index (χ0v) is 21.0. The van der Waals surface area contributed by atoms with E-state index < -0.39 is 5.91 Å². The minimum absolute atomic E-state index is 0.122. The summed E-state index contributed by atoms with van der Waals surface area (Å²) in [5, 5.41) is 3.65. The summed E-state index contributed by atoms with van der Waals surface area (Å²) in [6, 6.07) is 17.7. The monoisotopic (exact) mass is 516 g/mol. The number of Topliss-reactive ketones (excluding diaryl/α,β-unsaturated/α-hetero) is 1. The van der Waals surface area contributed by atoms with Crippen LogP contribution < -0.4 is 15.6 Å². The molecule has 1 amide bonds. The Hall–Kier alpha value is -4.01. The van der Waals surface area contributed by atoms with Gasteiger partial charge >= 0.3 is 0 Å². The molecule has 1 fully saturated rings. The van der Waals surface area contributed by atoms with Gasteiger partial charge in [-0.05, 0) is 42.5 Å². The molecular formula is C28H25ClN4O4. The van der Waals surface area contributed by atoms with Crippen LogP contribution in [0.2, 0.25) is 5.02 Å². The van der Waals surface area contributed by atoms with Gasteiger partial charge in [-0.1, -0.05) is 29.8 Å². The molecule has 0 radical (unpaired) electrons. The molecule has 0 atom stereocenters. The number of pyridine rings is 2. The first-order chi connectivity index (χ1) is 17.9. The Morgan fingerprint density at radius 1 is 1.05 bits per heavy atom. The molecule has 2 aromatic carbocycles. The molecule has 8 nitrogen and oxygen atoms in total. The van der Waals surface area contributed by atoms with Gasteiger partial charge in [0.15, 0.2) is 11.2 Å². The molecule has 0 spiro atoms. The van der Waals surface area contributed by atoms with Gasteiger partial charge in [0, 0.05) is 54.4 Å². The van der Waals surface area contributed by atoms with Crippen molar-refractivity contribution in [3.05, 3.63) is 98.9 Å². The number of amides is 1. The normalized spacial score (nSPS) is 13.5. The lowest BCUT2D eigenvalue weighted by atomic mass is 10.0. The predicted octanol–water partition coefficient (Wildman–Crippen LogP) is 4.01. The van der Waals surface area contributed by atoms with Gasteiger partial charge in [-0.15, -0.1) is 0 Å². The summed E-state index contributed by atoms with van der Waals surface area (Å²) < 4.78 is 7.10. The number of hydrogen-bond acceptors (Lipinski definition) is 6. The summed E-state index contributed by atoms with van der Waals surface area (Å²) in [7, 11) is 0. The van der Waals surface area contributed by atoms with Crippen LogP contribution in [0.25, 0.3) is 16.6 Å². The Kier molecular flexibility index (Phi) is 7.03. The minimum Gasteiger partial charge on any atom is -0.378 e. The van der Waals surface area contributed by atoms with E-state index in [2.05, 4.69) is 15.2 Å². The number of carbonyl (C=O) groups excluding carboxylic acids is 2. The van der Waals surface area contributed by atoms with Crippen LogP contribution in [0.15, 0.2) is 71.7 Å². The van der Waals surface area contributed by atoms with Crippen molar-refractivity contribution in [2.45, 2.75) is 13.5 Å². The van der Waals surface area contributed by atoms with Gasteiger partial charge in [-0.2, -0.15) is 0 Å². The van der Waals surface area contributed by atoms with E-state index in [1.54, 1.807) is 34.9 Å². The lowest BCUT2D eigenvalue weighted by molar-refractivity contribution is 0.0946. The fourth-order valence-electron chi connectivity index (χ4n) is 4.56. The van der Waals surface area contributed by atoms with Crippen molar-refractivity contribution in [1.29, 1.82) is 0 Å². The number of hydrogen-bond donors (Lipinski definition) is 1. The van der Waals surface area contributed by atoms with Crippen LogP contribution >= 0.6 is 11.6 Å². The molecule has 1 N–H and O–H groups in total. The topological polar surface area (TPSA) is 93.5 Å². The van der Waals surface area contributed by atoms with Crippen molar-refractivity contribution in [3.63, 3.8) is 0 Å². The van der Waals surface area contributed by atoms with Crippen molar-refractivity contribution in [1.82, 2.24) is 14.9 Å². The molecule has 1 aliphatic rings. The number of rotatable bonds is 6. The molecule has 3 heterocycles. The lowest BCUT2D eigenvalue weighted by Gasteiger charge is -2.27. The van der Waals surface area contributed by atoms with Crippen LogP contribution in [0.4, 0.5) is 5.82 Å². The molecule has 9 heteroatoms. The highest BCUT2D eigenvalue weighted by Gasteiger charge is 2.22. The first-order valence-corrected chi connectivity index (χ1v) is 12.3. The van der Waals surface area contributed by atoms with Crippen molar-refractivity contribution < 1.29 is 14.3 Å². The van der Waals surface area contributed by atoms with E-state index in [0.29, 0.717) is 40.4 Å². The smallest absolute Gasteiger partial charge is 0.253 e. The number of nitrogens with one attached hydrogen (secondary N) is 1. The molecule has 0 saturated carbocycles. The lowest BCUT2D eigenvalue weighted by Crippen LogP contribution is -2.36. The molecule has 1 aliphatic heterocycles. The summed E-state index contributed by atoms with van der Waals surface area (Å²) in [5.74, 6) is 0.0821. The van der Waals surface area contributed by atoms with Crippen LogP contribution in [0.3, 0.4) is 0 Å². The number of morpholine rings is 1. The second-order valence-electron chi connectivity index (χ2n) is 8.73. The van der Waals surface area contributed by atoms with Crippen molar-refractivity contribution >= 4 is 40.0 Å². The predicted molar refractivity (Wildman–Crippen MR) is 143 cm³/mol. The Labute approximate surface area is 218 Å². The molecule has 0 unspecified atom stereocenters. The van der Waals surface area contributed by atoms with Gasteiger partial charge in [0.25, 0.3) is 5.91 Å². The van der Waals surface area contributed by atoms with Gasteiger partial charge in [0.2, 0.25) is 0 Å². The highest BCUT2D eigenvalue weighted by Crippen LogP contribution is 2.25. The quantitative estimate of drug-likeness (QED) is 0.389. The number of ketones is 1. The third-order valence-electron chi connectivity index (χ3n) is 6.35. The van der Waals surface area contributed by atoms with Crippen molar-refractivity contribution in [3.8, 4) is 5.69 Å². The van der Waals surface area contributed by atoms with Crippen molar-refractivity contribution in [2.75, 3.05) is 31.2 Å². The Morgan fingerprint density at radius 3 is 2.49 bits per heavy atom. The summed E-state index contributed by atoms with van der Waals surface area (Å²) >= 11 is 6.26. The van der Waals surface area contributed by atoms with E-state index in [4.69, 9.17) is 16.3 Å². The van der Waals surface area contributed by atoms with E-state index in [1.165, 1.54) is 13.1 Å². The number of para-hydroxylation sites is 1. The van der Waals surface area contributed by atoms with E-state index in [9.17, 15) is 14.4 Å². The zero-order valence-electron chi connectivity index (χ0n) is 20.2. The van der Waals surface area contributed by atoms with Gasteiger partial charge in [-0.3, -0.25) is 14.4 Å². The summed E-state index contributed by atoms with van der Waals surface area (Å²) in [5.41, 5.74) is 1.66. The largest absolute Gasteiger partial charge is 0.378 e.